The minimum absolute atomic E-state index is 0. The minimum Gasteiger partial charge on any atom is -0.550 e. The molecule has 2 aliphatic heterocycles. The summed E-state index contributed by atoms with van der Waals surface area (Å²) in [6.07, 6.45) is 3.81. The summed E-state index contributed by atoms with van der Waals surface area (Å²) >= 11 is 0. The second-order valence-electron chi connectivity index (χ2n) is 10.7. The summed E-state index contributed by atoms with van der Waals surface area (Å²) in [7, 11) is 0. The van der Waals surface area contributed by atoms with E-state index in [2.05, 4.69) is 23.1 Å². The zero-order valence-corrected chi connectivity index (χ0v) is 26.8. The second kappa shape index (κ2) is 14.3. The number of hydrogen-bond acceptors (Lipinski definition) is 7. The number of carbonyl (C=O) groups excluding carboxylic acids is 3. The minimum atomic E-state index is -1.14. The van der Waals surface area contributed by atoms with E-state index in [1.807, 2.05) is 64.8 Å². The fraction of sp³-hybridized carbons (Fsp3) is 0.229. The van der Waals surface area contributed by atoms with Crippen molar-refractivity contribution in [2.45, 2.75) is 53.4 Å². The number of aliphatic carboxylic acids is 2. The molecule has 0 atom stereocenters. The molecule has 2 N–H and O–H groups in total. The van der Waals surface area contributed by atoms with Crippen LogP contribution in [0.1, 0.15) is 78.1 Å². The molecule has 0 unspecified atom stereocenters. The zero-order chi connectivity index (χ0) is 32.3. The number of carboxylic acids is 2. The average Bonchev–Trinajstić information content (AvgIpc) is 3.64. The van der Waals surface area contributed by atoms with Gasteiger partial charge in [-0.1, -0.05) is 25.3 Å². The molecule has 0 amide bonds. The molecule has 3 aromatic heterocycles. The number of hydrogen-bond donors (Lipinski definition) is 2. The van der Waals surface area contributed by atoms with Crippen LogP contribution in [-0.4, -0.2) is 38.7 Å². The molecule has 0 fully saturated rings. The number of H-pyrrole nitrogens is 2. The maximum absolute atomic E-state index is 11.4. The number of nitrogens with one attached hydrogen (secondary N) is 2. The number of aryl methyl sites for hydroxylation is 3. The van der Waals surface area contributed by atoms with Crippen molar-refractivity contribution >= 4 is 69.2 Å². The molecule has 0 aromatic carbocycles. The Morgan fingerprint density at radius 2 is 1.22 bits per heavy atom. The number of aromatic nitrogens is 4. The van der Waals surface area contributed by atoms with Gasteiger partial charge in [0.15, 0.2) is 0 Å². The first-order valence-corrected chi connectivity index (χ1v) is 14.1. The first-order valence-electron chi connectivity index (χ1n) is 14.1. The first-order chi connectivity index (χ1) is 21.0. The zero-order valence-electron chi connectivity index (χ0n) is 25.7. The molecule has 8 bridgehead atoms. The molecule has 3 aromatic rings. The third kappa shape index (κ3) is 6.82. The predicted octanol–water partition coefficient (Wildman–Crippen LogP) is 4.65. The van der Waals surface area contributed by atoms with Crippen LogP contribution in [0.3, 0.4) is 0 Å². The van der Waals surface area contributed by atoms with Crippen molar-refractivity contribution in [3.05, 3.63) is 88.5 Å². The van der Waals surface area contributed by atoms with Crippen LogP contribution in [0.2, 0.25) is 0 Å². The van der Waals surface area contributed by atoms with Gasteiger partial charge >= 0.3 is 17.1 Å². The van der Waals surface area contributed by atoms with E-state index < -0.39 is 11.9 Å². The summed E-state index contributed by atoms with van der Waals surface area (Å²) in [6, 6.07) is 7.78. The van der Waals surface area contributed by atoms with Crippen molar-refractivity contribution < 1.29 is 41.7 Å². The fourth-order valence-electron chi connectivity index (χ4n) is 5.76. The van der Waals surface area contributed by atoms with Crippen LogP contribution in [0.4, 0.5) is 0 Å². The Balaban J connectivity index is 0.00000180. The molecule has 9 nitrogen and oxygen atoms in total. The van der Waals surface area contributed by atoms with E-state index in [-0.39, 0.29) is 42.8 Å². The van der Waals surface area contributed by atoms with Gasteiger partial charge in [0, 0.05) is 45.1 Å². The van der Waals surface area contributed by atoms with E-state index in [0.717, 1.165) is 72.5 Å². The van der Waals surface area contributed by atoms with Crippen LogP contribution >= 0.6 is 0 Å². The Morgan fingerprint density at radius 1 is 0.711 bits per heavy atom. The van der Waals surface area contributed by atoms with Gasteiger partial charge in [0.05, 0.1) is 22.8 Å². The van der Waals surface area contributed by atoms with Crippen molar-refractivity contribution in [3.8, 4) is 0 Å². The van der Waals surface area contributed by atoms with E-state index >= 15 is 0 Å². The molecular formula is C35H34FeN4O5. The van der Waals surface area contributed by atoms with Crippen LogP contribution in [0, 0.1) is 13.8 Å². The van der Waals surface area contributed by atoms with Crippen LogP contribution in [0.5, 0.6) is 0 Å². The Labute approximate surface area is 272 Å². The van der Waals surface area contributed by atoms with E-state index in [9.17, 15) is 19.8 Å². The molecule has 45 heavy (non-hydrogen) atoms. The van der Waals surface area contributed by atoms with E-state index in [4.69, 9.17) is 14.8 Å². The maximum atomic E-state index is 11.4. The summed E-state index contributed by atoms with van der Waals surface area (Å²) in [4.78, 5) is 47.7. The first kappa shape index (κ1) is 34.7. The Kier molecular flexibility index (Phi) is 11.0. The van der Waals surface area contributed by atoms with Gasteiger partial charge in [0.25, 0.3) is 0 Å². The number of aromatic amines is 2. The van der Waals surface area contributed by atoms with Gasteiger partial charge in [0.2, 0.25) is 0 Å². The van der Waals surface area contributed by atoms with Crippen molar-refractivity contribution in [1.82, 2.24) is 19.9 Å². The summed E-state index contributed by atoms with van der Waals surface area (Å²) in [5, 5.41) is 22.8. The molecule has 10 heteroatoms. The van der Waals surface area contributed by atoms with Gasteiger partial charge in [-0.05, 0) is 111 Å². The van der Waals surface area contributed by atoms with Crippen molar-refractivity contribution in [2.75, 3.05) is 0 Å². The van der Waals surface area contributed by atoms with Crippen LogP contribution < -0.4 is 10.2 Å². The Bertz CT molecular complexity index is 1940. The van der Waals surface area contributed by atoms with Gasteiger partial charge in [0.1, 0.15) is 6.79 Å². The van der Waals surface area contributed by atoms with Crippen molar-refractivity contribution in [1.29, 1.82) is 0 Å². The molecular weight excluding hydrogens is 612 g/mol. The van der Waals surface area contributed by atoms with Gasteiger partial charge in [-0.25, -0.2) is 9.97 Å². The summed E-state index contributed by atoms with van der Waals surface area (Å²) in [6.45, 7) is 17.9. The maximum Gasteiger partial charge on any atom is 2.00 e. The van der Waals surface area contributed by atoms with Gasteiger partial charge in [-0.3, -0.25) is 0 Å². The molecule has 0 saturated carbocycles. The van der Waals surface area contributed by atoms with E-state index in [1.54, 1.807) is 6.08 Å². The fourth-order valence-corrected chi connectivity index (χ4v) is 5.76. The Morgan fingerprint density at radius 3 is 1.84 bits per heavy atom. The van der Waals surface area contributed by atoms with Gasteiger partial charge < -0.3 is 34.6 Å². The molecule has 0 spiro atoms. The molecule has 0 radical (unpaired) electrons. The largest absolute Gasteiger partial charge is 2.00 e. The number of carboxylic acid groups (broad SMARTS) is 2. The molecule has 5 rings (SSSR count). The Hall–Kier alpha value is -4.79. The quantitative estimate of drug-likeness (QED) is 0.338. The summed E-state index contributed by atoms with van der Waals surface area (Å²) in [5.74, 6) is -2.28. The standard InChI is InChI=1S/C34H34N4O4.CH2O.Fe/c1-7-21-17(3)25-13-26-19(5)23(9-11-33(39)40)31(37-26)16-32-24(10-12-34(41)42)20(6)28(38-32)15-30-22(8-2)18(4)27(36-30)14-29(21)35-25;1-2;/h7-8,13-16,35,38H,1-2,9-12H2,3-6H3,(H,39,40)(H,41,42);1H2;/q;;+2/p-2. The van der Waals surface area contributed by atoms with Crippen LogP contribution in [0.15, 0.2) is 43.5 Å². The smallest absolute Gasteiger partial charge is 0.550 e. The third-order valence-corrected chi connectivity index (χ3v) is 8.20. The van der Waals surface area contributed by atoms with Crippen molar-refractivity contribution in [3.63, 3.8) is 0 Å². The normalized spacial score (nSPS) is 12.3. The monoisotopic (exact) mass is 646 g/mol. The molecule has 5 heterocycles. The van der Waals surface area contributed by atoms with E-state index in [1.165, 1.54) is 0 Å². The molecule has 2 aliphatic rings. The summed E-state index contributed by atoms with van der Waals surface area (Å²) in [5.41, 5.74) is 13.3. The van der Waals surface area contributed by atoms with E-state index in [0.29, 0.717) is 16.9 Å². The van der Waals surface area contributed by atoms with Crippen LogP contribution in [-0.2, 0) is 37.9 Å². The number of carbonyl (C=O) groups is 3. The number of nitrogens with zero attached hydrogens (tertiary/aromatic N) is 2. The van der Waals surface area contributed by atoms with Gasteiger partial charge in [-0.15, -0.1) is 0 Å². The molecule has 0 aliphatic carbocycles. The number of allylic oxidation sites excluding steroid dienone is 5. The number of rotatable bonds is 8. The molecule has 0 saturated heterocycles. The SMILES string of the molecule is C=CC1=C(C)c2cc3[nH]c(cc4nc(cc5[nH]c(cc1n2)c(C)c5CCC(=O)[O-])C(CCC(=O)[O-])=C4C)c(C)c3C=C.C=O.[Fe+2]. The third-order valence-electron chi connectivity index (χ3n) is 8.20. The number of fused-ring (bicyclic) bond motifs is 8. The predicted molar refractivity (Wildman–Crippen MR) is 170 cm³/mol. The average molecular weight is 647 g/mol. The van der Waals surface area contributed by atoms with Crippen LogP contribution in [0.25, 0.3) is 50.4 Å². The summed E-state index contributed by atoms with van der Waals surface area (Å²) < 4.78 is 0. The molecule has 232 valence electrons. The topological polar surface area (TPSA) is 155 Å². The second-order valence-corrected chi connectivity index (χ2v) is 10.7. The van der Waals surface area contributed by atoms with Crippen molar-refractivity contribution in [2.24, 2.45) is 0 Å². The van der Waals surface area contributed by atoms with Gasteiger partial charge in [-0.2, -0.15) is 0 Å².